The van der Waals surface area contributed by atoms with Gasteiger partial charge in [0.05, 0.1) is 0 Å². The number of hydrogen-bond acceptors (Lipinski definition) is 1. The van der Waals surface area contributed by atoms with Crippen LogP contribution in [0.1, 0.15) is 51.2 Å². The summed E-state index contributed by atoms with van der Waals surface area (Å²) in [5.41, 5.74) is 2.31. The van der Waals surface area contributed by atoms with Gasteiger partial charge in [0, 0.05) is 12.3 Å². The molecule has 0 spiro atoms. The molecule has 1 aromatic carbocycles. The normalized spacial score (nSPS) is 23.9. The summed E-state index contributed by atoms with van der Waals surface area (Å²) >= 11 is 0. The number of ketones is 1. The first-order valence-corrected chi connectivity index (χ1v) is 7.55. The SMILES string of the molecule is Cc1ccc(F)cc1CC1CC(C(C)(C)C)CCC1=O. The Morgan fingerprint density at radius 2 is 2.00 bits per heavy atom. The summed E-state index contributed by atoms with van der Waals surface area (Å²) in [4.78, 5) is 12.2. The van der Waals surface area contributed by atoms with Crippen LogP contribution in [0, 0.1) is 30.0 Å². The minimum absolute atomic E-state index is 0.0634. The lowest BCUT2D eigenvalue weighted by Gasteiger charge is -2.37. The van der Waals surface area contributed by atoms with E-state index in [1.54, 1.807) is 12.1 Å². The Kier molecular flexibility index (Phi) is 4.31. The largest absolute Gasteiger partial charge is 0.299 e. The van der Waals surface area contributed by atoms with Crippen LogP contribution in [-0.4, -0.2) is 5.78 Å². The standard InChI is InChI=1S/C18H25FO/c1-12-5-7-16(19)11-13(12)9-14-10-15(18(2,3)4)6-8-17(14)20/h5,7,11,14-15H,6,8-10H2,1-4H3. The molecule has 0 bridgehead atoms. The van der Waals surface area contributed by atoms with E-state index in [-0.39, 0.29) is 17.2 Å². The lowest BCUT2D eigenvalue weighted by Crippen LogP contribution is -2.33. The van der Waals surface area contributed by atoms with Gasteiger partial charge in [0.2, 0.25) is 0 Å². The van der Waals surface area contributed by atoms with Gasteiger partial charge in [-0.15, -0.1) is 0 Å². The molecule has 1 aliphatic carbocycles. The van der Waals surface area contributed by atoms with Crippen LogP contribution in [0.25, 0.3) is 0 Å². The predicted octanol–water partition coefficient (Wildman–Crippen LogP) is 4.71. The van der Waals surface area contributed by atoms with Crippen molar-refractivity contribution in [3.05, 3.63) is 35.1 Å². The van der Waals surface area contributed by atoms with Crippen LogP contribution in [0.15, 0.2) is 18.2 Å². The fourth-order valence-corrected chi connectivity index (χ4v) is 3.22. The zero-order valence-electron chi connectivity index (χ0n) is 13.0. The van der Waals surface area contributed by atoms with Crippen molar-refractivity contribution in [3.8, 4) is 0 Å². The predicted molar refractivity (Wildman–Crippen MR) is 80.1 cm³/mol. The summed E-state index contributed by atoms with van der Waals surface area (Å²) in [6.45, 7) is 8.73. The summed E-state index contributed by atoms with van der Waals surface area (Å²) in [5.74, 6) is 0.794. The molecule has 110 valence electrons. The molecular formula is C18H25FO. The molecule has 2 unspecified atom stereocenters. The van der Waals surface area contributed by atoms with Gasteiger partial charge in [-0.2, -0.15) is 0 Å². The second-order valence-corrected chi connectivity index (χ2v) is 7.28. The summed E-state index contributed by atoms with van der Waals surface area (Å²) in [5, 5.41) is 0. The van der Waals surface area contributed by atoms with E-state index in [1.807, 2.05) is 6.92 Å². The van der Waals surface area contributed by atoms with E-state index < -0.39 is 0 Å². The molecule has 0 aliphatic heterocycles. The highest BCUT2D eigenvalue weighted by molar-refractivity contribution is 5.82. The summed E-state index contributed by atoms with van der Waals surface area (Å²) in [6, 6.07) is 4.88. The van der Waals surface area contributed by atoms with Gasteiger partial charge in [-0.25, -0.2) is 4.39 Å². The number of hydrogen-bond donors (Lipinski definition) is 0. The Morgan fingerprint density at radius 3 is 2.65 bits per heavy atom. The number of carbonyl (C=O) groups excluding carboxylic acids is 1. The maximum Gasteiger partial charge on any atom is 0.136 e. The van der Waals surface area contributed by atoms with E-state index in [9.17, 15) is 9.18 Å². The number of aryl methyl sites for hydroxylation is 1. The number of rotatable bonds is 2. The fraction of sp³-hybridized carbons (Fsp3) is 0.611. The van der Waals surface area contributed by atoms with Crippen LogP contribution in [0.5, 0.6) is 0 Å². The molecule has 0 saturated heterocycles. The maximum atomic E-state index is 13.4. The van der Waals surface area contributed by atoms with Crippen molar-refractivity contribution in [2.24, 2.45) is 17.3 Å². The highest BCUT2D eigenvalue weighted by Gasteiger charge is 2.34. The van der Waals surface area contributed by atoms with Crippen molar-refractivity contribution in [2.45, 2.75) is 53.4 Å². The number of carbonyl (C=O) groups is 1. The van der Waals surface area contributed by atoms with Gasteiger partial charge < -0.3 is 0 Å². The van der Waals surface area contributed by atoms with E-state index in [1.165, 1.54) is 6.07 Å². The molecular weight excluding hydrogens is 251 g/mol. The molecule has 1 nitrogen and oxygen atoms in total. The molecule has 1 aromatic rings. The molecule has 1 fully saturated rings. The van der Waals surface area contributed by atoms with Gasteiger partial charge in [0.1, 0.15) is 11.6 Å². The minimum atomic E-state index is -0.207. The van der Waals surface area contributed by atoms with Crippen LogP contribution in [-0.2, 0) is 11.2 Å². The molecule has 0 amide bonds. The zero-order valence-corrected chi connectivity index (χ0v) is 13.0. The van der Waals surface area contributed by atoms with Crippen molar-refractivity contribution < 1.29 is 9.18 Å². The van der Waals surface area contributed by atoms with Gasteiger partial charge in [0.25, 0.3) is 0 Å². The van der Waals surface area contributed by atoms with Crippen molar-refractivity contribution in [1.29, 1.82) is 0 Å². The van der Waals surface area contributed by atoms with Crippen LogP contribution >= 0.6 is 0 Å². The highest BCUT2D eigenvalue weighted by Crippen LogP contribution is 2.40. The molecule has 0 heterocycles. The third-order valence-corrected chi connectivity index (χ3v) is 4.77. The molecule has 1 aliphatic rings. The fourth-order valence-electron chi connectivity index (χ4n) is 3.22. The Hall–Kier alpha value is -1.18. The molecule has 0 N–H and O–H groups in total. The molecule has 1 saturated carbocycles. The number of halogens is 1. The second-order valence-electron chi connectivity index (χ2n) is 7.28. The average molecular weight is 276 g/mol. The second kappa shape index (κ2) is 5.67. The Balaban J connectivity index is 2.14. The molecule has 0 radical (unpaired) electrons. The van der Waals surface area contributed by atoms with Gasteiger partial charge >= 0.3 is 0 Å². The van der Waals surface area contributed by atoms with Crippen LogP contribution < -0.4 is 0 Å². The summed E-state index contributed by atoms with van der Waals surface area (Å²) in [6.07, 6.45) is 3.31. The topological polar surface area (TPSA) is 17.1 Å². The molecule has 2 atom stereocenters. The van der Waals surface area contributed by atoms with E-state index in [2.05, 4.69) is 20.8 Å². The first kappa shape index (κ1) is 15.2. The van der Waals surface area contributed by atoms with Crippen LogP contribution in [0.3, 0.4) is 0 Å². The Bertz CT molecular complexity index is 499. The van der Waals surface area contributed by atoms with Crippen molar-refractivity contribution in [1.82, 2.24) is 0 Å². The highest BCUT2D eigenvalue weighted by atomic mass is 19.1. The van der Waals surface area contributed by atoms with Gasteiger partial charge in [-0.3, -0.25) is 4.79 Å². The van der Waals surface area contributed by atoms with E-state index in [4.69, 9.17) is 0 Å². The molecule has 20 heavy (non-hydrogen) atoms. The van der Waals surface area contributed by atoms with Gasteiger partial charge in [0.15, 0.2) is 0 Å². The van der Waals surface area contributed by atoms with Crippen molar-refractivity contribution >= 4 is 5.78 Å². The molecule has 2 heteroatoms. The number of benzene rings is 1. The van der Waals surface area contributed by atoms with Crippen LogP contribution in [0.2, 0.25) is 0 Å². The summed E-state index contributed by atoms with van der Waals surface area (Å²) < 4.78 is 13.4. The lowest BCUT2D eigenvalue weighted by atomic mass is 9.67. The van der Waals surface area contributed by atoms with Crippen LogP contribution in [0.4, 0.5) is 4.39 Å². The number of Topliss-reactive ketones (excluding diaryl/α,β-unsaturated/α-hetero) is 1. The monoisotopic (exact) mass is 276 g/mol. The minimum Gasteiger partial charge on any atom is -0.299 e. The van der Waals surface area contributed by atoms with Crippen molar-refractivity contribution in [3.63, 3.8) is 0 Å². The van der Waals surface area contributed by atoms with Crippen molar-refractivity contribution in [2.75, 3.05) is 0 Å². The third kappa shape index (κ3) is 3.47. The molecule has 2 rings (SSSR count). The Morgan fingerprint density at radius 1 is 1.30 bits per heavy atom. The third-order valence-electron chi connectivity index (χ3n) is 4.77. The Labute approximate surface area is 121 Å². The van der Waals surface area contributed by atoms with Gasteiger partial charge in [-0.05, 0) is 60.8 Å². The summed E-state index contributed by atoms with van der Waals surface area (Å²) in [7, 11) is 0. The lowest BCUT2D eigenvalue weighted by molar-refractivity contribution is -0.126. The van der Waals surface area contributed by atoms with Gasteiger partial charge in [-0.1, -0.05) is 26.8 Å². The molecule has 0 aromatic heterocycles. The average Bonchev–Trinajstić information content (AvgIpc) is 2.35. The smallest absolute Gasteiger partial charge is 0.136 e. The quantitative estimate of drug-likeness (QED) is 0.764. The van der Waals surface area contributed by atoms with E-state index in [0.29, 0.717) is 24.5 Å². The van der Waals surface area contributed by atoms with E-state index in [0.717, 1.165) is 24.0 Å². The first-order valence-electron chi connectivity index (χ1n) is 7.55. The first-order chi connectivity index (χ1) is 9.27. The zero-order chi connectivity index (χ0) is 14.9. The maximum absolute atomic E-state index is 13.4. The van der Waals surface area contributed by atoms with E-state index >= 15 is 0 Å².